The van der Waals surface area contributed by atoms with Crippen LogP contribution in [0.15, 0.2) is 53.4 Å². The lowest BCUT2D eigenvalue weighted by Crippen LogP contribution is -2.50. The number of hydrogen-bond donors (Lipinski definition) is 1. The summed E-state index contributed by atoms with van der Waals surface area (Å²) in [4.78, 5) is 28.8. The lowest BCUT2D eigenvalue weighted by molar-refractivity contribution is -0.141. The first-order chi connectivity index (χ1) is 14.8. The maximum Gasteiger partial charge on any atom is 0.243 e. The van der Waals surface area contributed by atoms with Gasteiger partial charge in [0.1, 0.15) is 11.8 Å². The topological polar surface area (TPSA) is 58.6 Å². The van der Waals surface area contributed by atoms with Gasteiger partial charge in [-0.15, -0.1) is 11.8 Å². The largest absolute Gasteiger partial charge is 0.497 e. The second-order valence-electron chi connectivity index (χ2n) is 7.51. The third-order valence-electron chi connectivity index (χ3n) is 4.73. The van der Waals surface area contributed by atoms with Crippen LogP contribution in [0.5, 0.6) is 5.75 Å². The van der Waals surface area contributed by atoms with Gasteiger partial charge < -0.3 is 15.0 Å². The van der Waals surface area contributed by atoms with E-state index in [0.717, 1.165) is 16.2 Å². The molecule has 1 atom stereocenters. The summed E-state index contributed by atoms with van der Waals surface area (Å²) in [6, 6.07) is 14.6. The molecule has 1 unspecified atom stereocenters. The highest BCUT2D eigenvalue weighted by Gasteiger charge is 2.28. The van der Waals surface area contributed by atoms with Crippen LogP contribution in [-0.4, -0.2) is 41.7 Å². The van der Waals surface area contributed by atoms with Crippen LogP contribution in [0.25, 0.3) is 0 Å². The van der Waals surface area contributed by atoms with E-state index in [2.05, 4.69) is 5.32 Å². The zero-order valence-corrected chi connectivity index (χ0v) is 20.1. The number of hydrogen-bond acceptors (Lipinski definition) is 4. The Morgan fingerprint density at radius 1 is 1.10 bits per heavy atom. The molecule has 0 saturated heterocycles. The van der Waals surface area contributed by atoms with Crippen LogP contribution in [0.2, 0.25) is 5.02 Å². The average Bonchev–Trinajstić information content (AvgIpc) is 2.74. The van der Waals surface area contributed by atoms with Crippen LogP contribution in [0.1, 0.15) is 39.2 Å². The van der Waals surface area contributed by atoms with Gasteiger partial charge >= 0.3 is 0 Å². The molecule has 2 aromatic carbocycles. The second kappa shape index (κ2) is 12.6. The van der Waals surface area contributed by atoms with E-state index in [4.69, 9.17) is 16.3 Å². The summed E-state index contributed by atoms with van der Waals surface area (Å²) in [6.07, 6.45) is 0.889. The highest BCUT2D eigenvalue weighted by Crippen LogP contribution is 2.22. The van der Waals surface area contributed by atoms with E-state index in [-0.39, 0.29) is 17.9 Å². The Morgan fingerprint density at radius 3 is 2.29 bits per heavy atom. The third-order valence-corrected chi connectivity index (χ3v) is 5.99. The Balaban J connectivity index is 2.12. The standard InChI is InChI=1S/C24H31ClN2O3S/c1-5-22(24(29)26-17(2)3)27(16-18-6-10-20(30-4)11-7-18)23(28)14-15-31-21-12-8-19(25)9-13-21/h6-13,17,22H,5,14-16H2,1-4H3,(H,26,29). The van der Waals surface area contributed by atoms with Crippen molar-refractivity contribution >= 4 is 35.2 Å². The van der Waals surface area contributed by atoms with Gasteiger partial charge in [0.2, 0.25) is 11.8 Å². The number of benzene rings is 2. The summed E-state index contributed by atoms with van der Waals surface area (Å²) < 4.78 is 5.22. The molecule has 31 heavy (non-hydrogen) atoms. The van der Waals surface area contributed by atoms with Gasteiger partial charge in [-0.3, -0.25) is 9.59 Å². The summed E-state index contributed by atoms with van der Waals surface area (Å²) in [6.45, 7) is 6.14. The van der Waals surface area contributed by atoms with E-state index in [9.17, 15) is 9.59 Å². The fraction of sp³-hybridized carbons (Fsp3) is 0.417. The first-order valence-corrected chi connectivity index (χ1v) is 11.8. The molecular weight excluding hydrogens is 432 g/mol. The van der Waals surface area contributed by atoms with Crippen LogP contribution < -0.4 is 10.1 Å². The molecule has 2 amide bonds. The summed E-state index contributed by atoms with van der Waals surface area (Å²) in [5.41, 5.74) is 0.954. The maximum atomic E-state index is 13.2. The molecule has 2 rings (SSSR count). The normalized spacial score (nSPS) is 11.8. The molecule has 0 aliphatic rings. The van der Waals surface area contributed by atoms with Gasteiger partial charge in [0, 0.05) is 34.7 Å². The molecule has 0 radical (unpaired) electrons. The Morgan fingerprint density at radius 2 is 1.74 bits per heavy atom. The lowest BCUT2D eigenvalue weighted by Gasteiger charge is -2.31. The highest BCUT2D eigenvalue weighted by molar-refractivity contribution is 7.99. The molecular formula is C24H31ClN2O3S. The molecule has 0 fully saturated rings. The number of halogens is 1. The first kappa shape index (κ1) is 25.1. The van der Waals surface area contributed by atoms with E-state index in [1.54, 1.807) is 23.8 Å². The molecule has 0 heterocycles. The zero-order valence-electron chi connectivity index (χ0n) is 18.6. The lowest BCUT2D eigenvalue weighted by atomic mass is 10.1. The molecule has 7 heteroatoms. The number of carbonyl (C=O) groups excluding carboxylic acids is 2. The smallest absolute Gasteiger partial charge is 0.243 e. The number of ether oxygens (including phenoxy) is 1. The van der Waals surface area contributed by atoms with Gasteiger partial charge in [-0.1, -0.05) is 30.7 Å². The molecule has 0 aliphatic heterocycles. The van der Waals surface area contributed by atoms with Crippen molar-refractivity contribution < 1.29 is 14.3 Å². The van der Waals surface area contributed by atoms with Crippen molar-refractivity contribution in [1.29, 1.82) is 0 Å². The fourth-order valence-electron chi connectivity index (χ4n) is 3.16. The monoisotopic (exact) mass is 462 g/mol. The molecule has 0 saturated carbocycles. The summed E-state index contributed by atoms with van der Waals surface area (Å²) in [5, 5.41) is 3.64. The van der Waals surface area contributed by atoms with Gasteiger partial charge in [-0.2, -0.15) is 0 Å². The Bertz CT molecular complexity index is 841. The minimum absolute atomic E-state index is 0.0138. The molecule has 0 bridgehead atoms. The van der Waals surface area contributed by atoms with E-state index in [1.807, 2.05) is 69.3 Å². The van der Waals surface area contributed by atoms with E-state index in [1.165, 1.54) is 0 Å². The first-order valence-electron chi connectivity index (χ1n) is 10.4. The van der Waals surface area contributed by atoms with Crippen molar-refractivity contribution in [2.45, 2.75) is 57.1 Å². The fourth-order valence-corrected chi connectivity index (χ4v) is 4.13. The predicted molar refractivity (Wildman–Crippen MR) is 128 cm³/mol. The SMILES string of the molecule is CCC(C(=O)NC(C)C)N(Cc1ccc(OC)cc1)C(=O)CCSc1ccc(Cl)cc1. The Hall–Kier alpha value is -2.18. The number of thioether (sulfide) groups is 1. The van der Waals surface area contributed by atoms with Crippen molar-refractivity contribution in [2.24, 2.45) is 0 Å². The second-order valence-corrected chi connectivity index (χ2v) is 9.11. The number of amides is 2. The van der Waals surface area contributed by atoms with Crippen LogP contribution in [-0.2, 0) is 16.1 Å². The van der Waals surface area contributed by atoms with Crippen molar-refractivity contribution in [3.63, 3.8) is 0 Å². The molecule has 2 aromatic rings. The maximum absolute atomic E-state index is 13.2. The molecule has 1 N–H and O–H groups in total. The number of nitrogens with zero attached hydrogens (tertiary/aromatic N) is 1. The van der Waals surface area contributed by atoms with Gasteiger partial charge in [-0.05, 0) is 62.2 Å². The minimum atomic E-state index is -0.516. The summed E-state index contributed by atoms with van der Waals surface area (Å²) in [7, 11) is 1.62. The summed E-state index contributed by atoms with van der Waals surface area (Å²) in [5.74, 6) is 1.22. The Kier molecular flexibility index (Phi) is 10.2. The quantitative estimate of drug-likeness (QED) is 0.468. The molecule has 0 aliphatic carbocycles. The van der Waals surface area contributed by atoms with E-state index in [0.29, 0.717) is 30.2 Å². The van der Waals surface area contributed by atoms with Gasteiger partial charge in [-0.25, -0.2) is 0 Å². The van der Waals surface area contributed by atoms with E-state index >= 15 is 0 Å². The van der Waals surface area contributed by atoms with Gasteiger partial charge in [0.25, 0.3) is 0 Å². The van der Waals surface area contributed by atoms with Crippen molar-refractivity contribution in [3.8, 4) is 5.75 Å². The molecule has 168 valence electrons. The summed E-state index contributed by atoms with van der Waals surface area (Å²) >= 11 is 7.54. The number of methoxy groups -OCH3 is 1. The third kappa shape index (κ3) is 8.11. The van der Waals surface area contributed by atoms with Crippen LogP contribution in [0.3, 0.4) is 0 Å². The molecule has 0 spiro atoms. The molecule has 5 nitrogen and oxygen atoms in total. The number of carbonyl (C=O) groups is 2. The van der Waals surface area contributed by atoms with Crippen LogP contribution in [0.4, 0.5) is 0 Å². The highest BCUT2D eigenvalue weighted by atomic mass is 35.5. The zero-order chi connectivity index (χ0) is 22.8. The Labute approximate surface area is 194 Å². The van der Waals surface area contributed by atoms with Crippen LogP contribution in [0, 0.1) is 0 Å². The van der Waals surface area contributed by atoms with Crippen molar-refractivity contribution in [3.05, 3.63) is 59.1 Å². The average molecular weight is 463 g/mol. The number of nitrogens with one attached hydrogen (secondary N) is 1. The number of rotatable bonds is 11. The van der Waals surface area contributed by atoms with Gasteiger partial charge in [0.15, 0.2) is 0 Å². The van der Waals surface area contributed by atoms with Crippen molar-refractivity contribution in [1.82, 2.24) is 10.2 Å². The van der Waals surface area contributed by atoms with Crippen molar-refractivity contribution in [2.75, 3.05) is 12.9 Å². The van der Waals surface area contributed by atoms with Crippen LogP contribution >= 0.6 is 23.4 Å². The molecule has 0 aromatic heterocycles. The van der Waals surface area contributed by atoms with E-state index < -0.39 is 6.04 Å². The van der Waals surface area contributed by atoms with Gasteiger partial charge in [0.05, 0.1) is 7.11 Å². The minimum Gasteiger partial charge on any atom is -0.497 e. The predicted octanol–water partition coefficient (Wildman–Crippen LogP) is 5.16.